The van der Waals surface area contributed by atoms with Gasteiger partial charge in [0.2, 0.25) is 5.91 Å². The van der Waals surface area contributed by atoms with Crippen LogP contribution in [0.25, 0.3) is 6.08 Å². The van der Waals surface area contributed by atoms with Crippen LogP contribution in [0.5, 0.6) is 0 Å². The Balaban J connectivity index is 1.65. The molecule has 0 aromatic heterocycles. The average molecular weight is 473 g/mol. The number of nitrogens with zero attached hydrogens (tertiary/aromatic N) is 1. The summed E-state index contributed by atoms with van der Waals surface area (Å²) in [6, 6.07) is 15.7. The number of nitrogens with one attached hydrogen (secondary N) is 1. The van der Waals surface area contributed by atoms with E-state index in [1.807, 2.05) is 54.6 Å². The molecule has 1 aliphatic heterocycles. The van der Waals surface area contributed by atoms with Crippen molar-refractivity contribution < 1.29 is 29.6 Å². The van der Waals surface area contributed by atoms with E-state index in [1.165, 1.54) is 29.8 Å². The number of aliphatic hydroxyl groups is 3. The number of likely N-dealkylation sites (N-methyl/N-ethyl adjacent to an activating group) is 1. The molecule has 0 radical (unpaired) electrons. The summed E-state index contributed by atoms with van der Waals surface area (Å²) in [7, 11) is 2.84. The van der Waals surface area contributed by atoms with Gasteiger partial charge in [0.25, 0.3) is 5.91 Å². The molecule has 176 valence electrons. The molecule has 0 saturated heterocycles. The van der Waals surface area contributed by atoms with Crippen LogP contribution >= 0.6 is 11.8 Å². The van der Waals surface area contributed by atoms with Crippen LogP contribution in [0.15, 0.2) is 65.6 Å². The van der Waals surface area contributed by atoms with Crippen molar-refractivity contribution in [1.82, 2.24) is 5.32 Å². The summed E-state index contributed by atoms with van der Waals surface area (Å²) in [5.74, 6) is -0.776. The molecule has 3 rings (SSSR count). The molecular weight excluding hydrogens is 444 g/mol. The summed E-state index contributed by atoms with van der Waals surface area (Å²) in [5, 5.41) is 33.8. The predicted molar refractivity (Wildman–Crippen MR) is 127 cm³/mol. The van der Waals surface area contributed by atoms with Gasteiger partial charge in [-0.25, -0.2) is 0 Å². The predicted octanol–water partition coefficient (Wildman–Crippen LogP) is 1.05. The highest BCUT2D eigenvalue weighted by Gasteiger charge is 2.38. The number of para-hydroxylation sites is 1. The Morgan fingerprint density at radius 2 is 1.79 bits per heavy atom. The standard InChI is InChI=1S/C24H28N2O6S/c1-26-17-10-6-7-11-19(17)33-14-16(24(26)31)25-23(30)22(32-2)21(29)20(28)18(27)13-12-15-8-4-3-5-9-15/h3-13,16,18,20-22,27-29H,14H2,1-2H3,(H,25,30)/t16?,18-,20+,21-,22-/m1/s1. The molecule has 0 spiro atoms. The Bertz CT molecular complexity index is 986. The number of hydrogen-bond acceptors (Lipinski definition) is 7. The van der Waals surface area contributed by atoms with E-state index >= 15 is 0 Å². The van der Waals surface area contributed by atoms with Gasteiger partial charge in [-0.15, -0.1) is 11.8 Å². The number of anilines is 1. The first kappa shape index (κ1) is 24.9. The first-order chi connectivity index (χ1) is 15.8. The number of hydrogen-bond donors (Lipinski definition) is 4. The number of carbonyl (C=O) groups is 2. The molecule has 1 heterocycles. The van der Waals surface area contributed by atoms with E-state index in [0.29, 0.717) is 5.75 Å². The molecule has 0 fully saturated rings. The second kappa shape index (κ2) is 11.4. The molecule has 2 aromatic carbocycles. The van der Waals surface area contributed by atoms with Gasteiger partial charge < -0.3 is 30.3 Å². The Labute approximate surface area is 196 Å². The Morgan fingerprint density at radius 1 is 1.12 bits per heavy atom. The number of ether oxygens (including phenoxy) is 1. The molecule has 0 bridgehead atoms. The SMILES string of the molecule is CO[C@@H](C(=O)NC1CSc2ccccc2N(C)C1=O)[C@H](O)[C@@H](O)[C@H](O)C=Cc1ccccc1. The summed E-state index contributed by atoms with van der Waals surface area (Å²) in [6.07, 6.45) is -3.43. The number of carbonyl (C=O) groups excluding carboxylic acids is 2. The minimum absolute atomic E-state index is 0.295. The van der Waals surface area contributed by atoms with E-state index in [4.69, 9.17) is 4.74 Å². The Kier molecular flexibility index (Phi) is 8.65. The summed E-state index contributed by atoms with van der Waals surface area (Å²) in [4.78, 5) is 28.1. The summed E-state index contributed by atoms with van der Waals surface area (Å²) >= 11 is 1.43. The van der Waals surface area contributed by atoms with Gasteiger partial charge in [0.15, 0.2) is 6.10 Å². The first-order valence-electron chi connectivity index (χ1n) is 10.4. The summed E-state index contributed by atoms with van der Waals surface area (Å²) in [6.45, 7) is 0. The van der Waals surface area contributed by atoms with Crippen molar-refractivity contribution >= 4 is 35.3 Å². The molecule has 9 heteroatoms. The number of thioether (sulfide) groups is 1. The average Bonchev–Trinajstić information content (AvgIpc) is 2.95. The van der Waals surface area contributed by atoms with Crippen LogP contribution < -0.4 is 10.2 Å². The number of benzene rings is 2. The molecule has 0 aliphatic carbocycles. The minimum atomic E-state index is -1.73. The van der Waals surface area contributed by atoms with E-state index in [9.17, 15) is 24.9 Å². The van der Waals surface area contributed by atoms with E-state index in [0.717, 1.165) is 16.1 Å². The van der Waals surface area contributed by atoms with Crippen molar-refractivity contribution in [2.75, 3.05) is 24.8 Å². The lowest BCUT2D eigenvalue weighted by Gasteiger charge is -2.28. The van der Waals surface area contributed by atoms with Crippen molar-refractivity contribution in [3.8, 4) is 0 Å². The van der Waals surface area contributed by atoms with Crippen LogP contribution in [0.3, 0.4) is 0 Å². The zero-order chi connectivity index (χ0) is 24.0. The molecule has 2 aromatic rings. The molecule has 2 amide bonds. The topological polar surface area (TPSA) is 119 Å². The monoisotopic (exact) mass is 472 g/mol. The smallest absolute Gasteiger partial charge is 0.252 e. The van der Waals surface area contributed by atoms with Crippen molar-refractivity contribution in [2.24, 2.45) is 0 Å². The molecule has 0 saturated carbocycles. The molecule has 8 nitrogen and oxygen atoms in total. The van der Waals surface area contributed by atoms with Gasteiger partial charge in [0.1, 0.15) is 24.4 Å². The molecule has 1 aliphatic rings. The second-order valence-electron chi connectivity index (χ2n) is 7.64. The fraction of sp³-hybridized carbons (Fsp3) is 0.333. The van der Waals surface area contributed by atoms with Gasteiger partial charge in [0.05, 0.1) is 5.69 Å². The molecule has 5 atom stereocenters. The van der Waals surface area contributed by atoms with Gasteiger partial charge in [-0.1, -0.05) is 54.6 Å². The lowest BCUT2D eigenvalue weighted by Crippen LogP contribution is -2.56. The van der Waals surface area contributed by atoms with E-state index in [-0.39, 0.29) is 5.91 Å². The maximum atomic E-state index is 12.9. The van der Waals surface area contributed by atoms with E-state index in [1.54, 1.807) is 13.1 Å². The van der Waals surface area contributed by atoms with Gasteiger partial charge in [-0.3, -0.25) is 9.59 Å². The number of aliphatic hydroxyl groups excluding tert-OH is 3. The van der Waals surface area contributed by atoms with Crippen LogP contribution in [0.4, 0.5) is 5.69 Å². The third kappa shape index (κ3) is 6.01. The van der Waals surface area contributed by atoms with Crippen molar-refractivity contribution in [3.63, 3.8) is 0 Å². The summed E-state index contributed by atoms with van der Waals surface area (Å²) < 4.78 is 5.12. The third-order valence-corrected chi connectivity index (χ3v) is 6.54. The van der Waals surface area contributed by atoms with Crippen LogP contribution in [0.1, 0.15) is 5.56 Å². The van der Waals surface area contributed by atoms with Crippen LogP contribution in [0.2, 0.25) is 0 Å². The molecule has 33 heavy (non-hydrogen) atoms. The zero-order valence-electron chi connectivity index (χ0n) is 18.4. The van der Waals surface area contributed by atoms with Gasteiger partial charge in [-0.2, -0.15) is 0 Å². The lowest BCUT2D eigenvalue weighted by atomic mass is 10.0. The highest BCUT2D eigenvalue weighted by Crippen LogP contribution is 2.33. The number of rotatable bonds is 8. The lowest BCUT2D eigenvalue weighted by molar-refractivity contribution is -0.150. The fourth-order valence-corrected chi connectivity index (χ4v) is 4.58. The number of fused-ring (bicyclic) bond motifs is 1. The Morgan fingerprint density at radius 3 is 2.48 bits per heavy atom. The molecular formula is C24H28N2O6S. The van der Waals surface area contributed by atoms with Crippen molar-refractivity contribution in [1.29, 1.82) is 0 Å². The normalized spacial score (nSPS) is 20.0. The van der Waals surface area contributed by atoms with Gasteiger partial charge >= 0.3 is 0 Å². The number of methoxy groups -OCH3 is 1. The van der Waals surface area contributed by atoms with Gasteiger partial charge in [-0.05, 0) is 17.7 Å². The highest BCUT2D eigenvalue weighted by molar-refractivity contribution is 7.99. The molecule has 4 N–H and O–H groups in total. The van der Waals surface area contributed by atoms with E-state index < -0.39 is 36.4 Å². The van der Waals surface area contributed by atoms with Crippen molar-refractivity contribution in [3.05, 3.63) is 66.2 Å². The van der Waals surface area contributed by atoms with Crippen LogP contribution in [0, 0.1) is 0 Å². The van der Waals surface area contributed by atoms with E-state index in [2.05, 4.69) is 5.32 Å². The van der Waals surface area contributed by atoms with Crippen LogP contribution in [-0.4, -0.2) is 77.5 Å². The van der Waals surface area contributed by atoms with Gasteiger partial charge in [0, 0.05) is 24.8 Å². The number of amides is 2. The third-order valence-electron chi connectivity index (χ3n) is 5.39. The summed E-state index contributed by atoms with van der Waals surface area (Å²) in [5.41, 5.74) is 1.55. The van der Waals surface area contributed by atoms with Crippen LogP contribution in [-0.2, 0) is 14.3 Å². The zero-order valence-corrected chi connectivity index (χ0v) is 19.2. The molecule has 1 unspecified atom stereocenters. The maximum absolute atomic E-state index is 12.9. The van der Waals surface area contributed by atoms with Crippen molar-refractivity contribution in [2.45, 2.75) is 35.4 Å². The second-order valence-corrected chi connectivity index (χ2v) is 8.70. The Hall–Kier alpha value is -2.69. The minimum Gasteiger partial charge on any atom is -0.387 e. The first-order valence-corrected chi connectivity index (χ1v) is 11.4. The largest absolute Gasteiger partial charge is 0.387 e. The quantitative estimate of drug-likeness (QED) is 0.453. The maximum Gasteiger partial charge on any atom is 0.252 e. The fourth-order valence-electron chi connectivity index (χ4n) is 3.48. The highest BCUT2D eigenvalue weighted by atomic mass is 32.2.